The Bertz CT molecular complexity index is 658. The van der Waals surface area contributed by atoms with E-state index in [0.717, 1.165) is 18.2 Å². The largest absolute Gasteiger partial charge is 0.493 e. The molecule has 0 unspecified atom stereocenters. The van der Waals surface area contributed by atoms with Gasteiger partial charge in [-0.05, 0) is 29.7 Å². The van der Waals surface area contributed by atoms with Gasteiger partial charge < -0.3 is 9.84 Å². The highest BCUT2D eigenvalue weighted by Gasteiger charge is 2.15. The minimum Gasteiger partial charge on any atom is -0.493 e. The number of aromatic carboxylic acids is 1. The molecule has 0 aromatic heterocycles. The Labute approximate surface area is 117 Å². The van der Waals surface area contributed by atoms with Crippen LogP contribution in [-0.4, -0.2) is 17.7 Å². The van der Waals surface area contributed by atoms with Gasteiger partial charge in [-0.2, -0.15) is 5.26 Å². The number of benzene rings is 2. The number of rotatable bonds is 6. The summed E-state index contributed by atoms with van der Waals surface area (Å²) in [5, 5.41) is 19.4. The lowest BCUT2D eigenvalue weighted by atomic mass is 10.0. The number of nitrogens with zero attached hydrogens (tertiary/aromatic N) is 1. The normalized spacial score (nSPS) is 10.2. The van der Waals surface area contributed by atoms with Crippen molar-refractivity contribution in [1.29, 1.82) is 5.26 Å². The van der Waals surface area contributed by atoms with E-state index in [2.05, 4.69) is 6.07 Å². The smallest absolute Gasteiger partial charge is 0.340 e. The number of hydrogen-bond donors (Lipinski definition) is 1. The molecule has 4 nitrogen and oxygen atoms in total. The lowest BCUT2D eigenvalue weighted by Crippen LogP contribution is -2.05. The Kier molecular flexibility index (Phi) is 4.56. The fourth-order valence-corrected chi connectivity index (χ4v) is 2.08. The number of ether oxygens (including phenoxy) is 1. The van der Waals surface area contributed by atoms with Crippen molar-refractivity contribution in [3.8, 4) is 11.8 Å². The molecule has 0 atom stereocenters. The van der Waals surface area contributed by atoms with Crippen LogP contribution in [0.4, 0.5) is 0 Å². The van der Waals surface area contributed by atoms with Crippen LogP contribution in [0.1, 0.15) is 29.6 Å². The van der Waals surface area contributed by atoms with Crippen molar-refractivity contribution in [2.75, 3.05) is 6.61 Å². The van der Waals surface area contributed by atoms with Crippen molar-refractivity contribution in [1.82, 2.24) is 0 Å². The fourth-order valence-electron chi connectivity index (χ4n) is 2.08. The van der Waals surface area contributed by atoms with Crippen LogP contribution in [0.2, 0.25) is 0 Å². The van der Waals surface area contributed by atoms with E-state index in [1.807, 2.05) is 24.3 Å². The SMILES string of the molecule is N#CCCCCOc1ccc2ccccc2c1C(=O)O. The van der Waals surface area contributed by atoms with Gasteiger partial charge in [-0.25, -0.2) is 4.79 Å². The van der Waals surface area contributed by atoms with E-state index in [1.165, 1.54) is 0 Å². The maximum atomic E-state index is 11.4. The number of hydrogen-bond acceptors (Lipinski definition) is 3. The molecular formula is C16H15NO3. The van der Waals surface area contributed by atoms with Crippen LogP contribution in [0, 0.1) is 11.3 Å². The predicted octanol–water partition coefficient (Wildman–Crippen LogP) is 3.61. The zero-order valence-corrected chi connectivity index (χ0v) is 11.0. The Balaban J connectivity index is 2.22. The summed E-state index contributed by atoms with van der Waals surface area (Å²) in [6.07, 6.45) is 1.98. The number of unbranched alkanes of at least 4 members (excludes halogenated alkanes) is 2. The average molecular weight is 269 g/mol. The highest BCUT2D eigenvalue weighted by molar-refractivity contribution is 6.06. The topological polar surface area (TPSA) is 70.3 Å². The third kappa shape index (κ3) is 3.07. The molecule has 1 N–H and O–H groups in total. The summed E-state index contributed by atoms with van der Waals surface area (Å²) in [7, 11) is 0. The highest BCUT2D eigenvalue weighted by atomic mass is 16.5. The average Bonchev–Trinajstić information content (AvgIpc) is 2.46. The number of carbonyl (C=O) groups is 1. The van der Waals surface area contributed by atoms with E-state index in [-0.39, 0.29) is 5.56 Å². The van der Waals surface area contributed by atoms with E-state index >= 15 is 0 Å². The van der Waals surface area contributed by atoms with Crippen molar-refractivity contribution in [3.63, 3.8) is 0 Å². The summed E-state index contributed by atoms with van der Waals surface area (Å²) < 4.78 is 5.56. The summed E-state index contributed by atoms with van der Waals surface area (Å²) in [6, 6.07) is 12.9. The van der Waals surface area contributed by atoms with Crippen molar-refractivity contribution >= 4 is 16.7 Å². The lowest BCUT2D eigenvalue weighted by Gasteiger charge is -2.11. The van der Waals surface area contributed by atoms with E-state index in [9.17, 15) is 9.90 Å². The number of fused-ring (bicyclic) bond motifs is 1. The molecule has 0 heterocycles. The Morgan fingerprint density at radius 3 is 2.75 bits per heavy atom. The molecule has 0 amide bonds. The minimum absolute atomic E-state index is 0.198. The molecule has 0 bridgehead atoms. The van der Waals surface area contributed by atoms with Gasteiger partial charge >= 0.3 is 5.97 Å². The van der Waals surface area contributed by atoms with Crippen LogP contribution >= 0.6 is 0 Å². The van der Waals surface area contributed by atoms with Crippen molar-refractivity contribution in [3.05, 3.63) is 42.0 Å². The molecule has 0 aliphatic heterocycles. The molecule has 2 aromatic rings. The van der Waals surface area contributed by atoms with Crippen molar-refractivity contribution in [2.24, 2.45) is 0 Å². The molecule has 0 aliphatic rings. The highest BCUT2D eigenvalue weighted by Crippen LogP contribution is 2.28. The van der Waals surface area contributed by atoms with E-state index in [0.29, 0.717) is 24.2 Å². The van der Waals surface area contributed by atoms with Crippen LogP contribution in [0.5, 0.6) is 5.75 Å². The first-order chi connectivity index (χ1) is 9.74. The van der Waals surface area contributed by atoms with Gasteiger partial charge in [0.1, 0.15) is 11.3 Å². The van der Waals surface area contributed by atoms with E-state index in [1.54, 1.807) is 12.1 Å². The molecule has 2 rings (SSSR count). The Morgan fingerprint density at radius 1 is 1.20 bits per heavy atom. The molecule has 0 spiro atoms. The monoisotopic (exact) mass is 269 g/mol. The Hall–Kier alpha value is -2.54. The van der Waals surface area contributed by atoms with Crippen LogP contribution in [0.25, 0.3) is 10.8 Å². The van der Waals surface area contributed by atoms with Crippen molar-refractivity contribution < 1.29 is 14.6 Å². The Morgan fingerprint density at radius 2 is 2.00 bits per heavy atom. The molecule has 102 valence electrons. The maximum Gasteiger partial charge on any atom is 0.340 e. The standard InChI is InChI=1S/C16H15NO3/c17-10-4-1-5-11-20-14-9-8-12-6-2-3-7-13(12)15(14)16(18)19/h2-3,6-9H,1,4-5,11H2,(H,18,19). The van der Waals surface area contributed by atoms with Gasteiger partial charge in [0.25, 0.3) is 0 Å². The molecular weight excluding hydrogens is 254 g/mol. The molecule has 0 fully saturated rings. The second kappa shape index (κ2) is 6.58. The maximum absolute atomic E-state index is 11.4. The molecule has 0 saturated heterocycles. The summed E-state index contributed by atoms with van der Waals surface area (Å²) >= 11 is 0. The molecule has 2 aromatic carbocycles. The molecule has 20 heavy (non-hydrogen) atoms. The third-order valence-corrected chi connectivity index (χ3v) is 3.05. The molecule has 0 aliphatic carbocycles. The first-order valence-corrected chi connectivity index (χ1v) is 6.49. The first kappa shape index (κ1) is 13.9. The molecule has 4 heteroatoms. The number of nitriles is 1. The molecule has 0 saturated carbocycles. The summed E-state index contributed by atoms with van der Waals surface area (Å²) in [5.74, 6) is -0.609. The number of carboxylic acid groups (broad SMARTS) is 1. The van der Waals surface area contributed by atoms with Gasteiger partial charge in [0, 0.05) is 6.42 Å². The van der Waals surface area contributed by atoms with E-state index in [4.69, 9.17) is 10.00 Å². The van der Waals surface area contributed by atoms with Gasteiger partial charge in [-0.3, -0.25) is 0 Å². The zero-order chi connectivity index (χ0) is 14.4. The van der Waals surface area contributed by atoms with Crippen LogP contribution in [0.3, 0.4) is 0 Å². The second-order valence-corrected chi connectivity index (χ2v) is 4.43. The molecule has 0 radical (unpaired) electrons. The first-order valence-electron chi connectivity index (χ1n) is 6.49. The van der Waals surface area contributed by atoms with Crippen LogP contribution in [-0.2, 0) is 0 Å². The lowest BCUT2D eigenvalue weighted by molar-refractivity contribution is 0.0694. The van der Waals surface area contributed by atoms with Gasteiger partial charge in [-0.15, -0.1) is 0 Å². The van der Waals surface area contributed by atoms with Crippen LogP contribution in [0.15, 0.2) is 36.4 Å². The van der Waals surface area contributed by atoms with Gasteiger partial charge in [0.05, 0.1) is 12.7 Å². The quantitative estimate of drug-likeness (QED) is 0.813. The summed E-state index contributed by atoms with van der Waals surface area (Å²) in [5.41, 5.74) is 0.198. The zero-order valence-electron chi connectivity index (χ0n) is 11.0. The predicted molar refractivity (Wildman–Crippen MR) is 75.9 cm³/mol. The second-order valence-electron chi connectivity index (χ2n) is 4.43. The van der Waals surface area contributed by atoms with E-state index < -0.39 is 5.97 Å². The van der Waals surface area contributed by atoms with Crippen molar-refractivity contribution in [2.45, 2.75) is 19.3 Å². The third-order valence-electron chi connectivity index (χ3n) is 3.05. The fraction of sp³-hybridized carbons (Fsp3) is 0.250. The van der Waals surface area contributed by atoms with Gasteiger partial charge in [0.15, 0.2) is 0 Å². The summed E-state index contributed by atoms with van der Waals surface area (Å²) in [6.45, 7) is 0.417. The van der Waals surface area contributed by atoms with Gasteiger partial charge in [0.2, 0.25) is 0 Å². The number of carboxylic acids is 1. The minimum atomic E-state index is -0.992. The van der Waals surface area contributed by atoms with Crippen LogP contribution < -0.4 is 4.74 Å². The van der Waals surface area contributed by atoms with Gasteiger partial charge in [-0.1, -0.05) is 30.3 Å². The summed E-state index contributed by atoms with van der Waals surface area (Å²) in [4.78, 5) is 11.4.